The van der Waals surface area contributed by atoms with Crippen LogP contribution < -0.4 is 0 Å². The highest BCUT2D eigenvalue weighted by Gasteiger charge is 2.38. The van der Waals surface area contributed by atoms with Gasteiger partial charge < -0.3 is 0 Å². The SMILES string of the molecule is O=S(=O)(c1ccc(Br)s1)N(Cc1ccncc1)C1CC1. The summed E-state index contributed by atoms with van der Waals surface area (Å²) in [6.07, 6.45) is 5.26. The standard InChI is InChI=1S/C13H13BrN2O2S2/c14-12-3-4-13(19-12)20(17,18)16(11-1-2-11)9-10-5-7-15-8-6-10/h3-8,11H,1-2,9H2. The van der Waals surface area contributed by atoms with Crippen LogP contribution in [0.4, 0.5) is 0 Å². The lowest BCUT2D eigenvalue weighted by molar-refractivity contribution is 0.400. The maximum Gasteiger partial charge on any atom is 0.253 e. The van der Waals surface area contributed by atoms with Crippen molar-refractivity contribution in [1.29, 1.82) is 0 Å². The minimum absolute atomic E-state index is 0.133. The molecule has 0 aromatic carbocycles. The molecule has 0 spiro atoms. The van der Waals surface area contributed by atoms with Crippen molar-refractivity contribution in [3.8, 4) is 0 Å². The van der Waals surface area contributed by atoms with Gasteiger partial charge in [0.25, 0.3) is 10.0 Å². The van der Waals surface area contributed by atoms with Gasteiger partial charge in [-0.3, -0.25) is 4.98 Å². The third kappa shape index (κ3) is 2.95. The highest BCUT2D eigenvalue weighted by molar-refractivity contribution is 9.11. The number of halogens is 1. The molecule has 0 amide bonds. The lowest BCUT2D eigenvalue weighted by Crippen LogP contribution is -2.32. The summed E-state index contributed by atoms with van der Waals surface area (Å²) in [4.78, 5) is 3.96. The Bertz CT molecular complexity index is 696. The second kappa shape index (κ2) is 5.55. The Morgan fingerprint density at radius 2 is 1.95 bits per heavy atom. The van der Waals surface area contributed by atoms with Crippen molar-refractivity contribution in [3.63, 3.8) is 0 Å². The Kier molecular flexibility index (Phi) is 3.94. The van der Waals surface area contributed by atoms with Crippen LogP contribution in [0.15, 0.2) is 44.7 Å². The summed E-state index contributed by atoms with van der Waals surface area (Å²) in [5.74, 6) is 0. The van der Waals surface area contributed by atoms with Crippen LogP contribution in [0.25, 0.3) is 0 Å². The molecular weight excluding hydrogens is 360 g/mol. The van der Waals surface area contributed by atoms with Crippen molar-refractivity contribution in [1.82, 2.24) is 9.29 Å². The van der Waals surface area contributed by atoms with Crippen LogP contribution in [0.1, 0.15) is 18.4 Å². The molecule has 1 aliphatic rings. The fourth-order valence-corrected chi connectivity index (χ4v) is 5.81. The van der Waals surface area contributed by atoms with Gasteiger partial charge in [0.1, 0.15) is 4.21 Å². The molecule has 106 valence electrons. The summed E-state index contributed by atoms with van der Waals surface area (Å²) in [5.41, 5.74) is 0.964. The fraction of sp³-hybridized carbons (Fsp3) is 0.308. The summed E-state index contributed by atoms with van der Waals surface area (Å²) >= 11 is 4.57. The Morgan fingerprint density at radius 1 is 1.25 bits per heavy atom. The molecule has 0 saturated heterocycles. The van der Waals surface area contributed by atoms with E-state index in [-0.39, 0.29) is 6.04 Å². The lowest BCUT2D eigenvalue weighted by Gasteiger charge is -2.21. The molecule has 0 N–H and O–H groups in total. The minimum atomic E-state index is -3.41. The molecule has 1 fully saturated rings. The number of aromatic nitrogens is 1. The fourth-order valence-electron chi connectivity index (χ4n) is 1.99. The lowest BCUT2D eigenvalue weighted by atomic mass is 10.3. The summed E-state index contributed by atoms with van der Waals surface area (Å²) in [6, 6.07) is 7.28. The molecule has 0 atom stereocenters. The first-order chi connectivity index (χ1) is 9.57. The van der Waals surface area contributed by atoms with E-state index < -0.39 is 10.0 Å². The van der Waals surface area contributed by atoms with E-state index in [1.807, 2.05) is 12.1 Å². The molecule has 0 radical (unpaired) electrons. The van der Waals surface area contributed by atoms with Gasteiger partial charge in [0.2, 0.25) is 0 Å². The van der Waals surface area contributed by atoms with Crippen LogP contribution in [0.3, 0.4) is 0 Å². The van der Waals surface area contributed by atoms with Gasteiger partial charge in [-0.25, -0.2) is 8.42 Å². The second-order valence-electron chi connectivity index (χ2n) is 4.70. The molecule has 0 unspecified atom stereocenters. The molecule has 0 aliphatic heterocycles. The van der Waals surface area contributed by atoms with E-state index in [2.05, 4.69) is 20.9 Å². The molecule has 7 heteroatoms. The maximum absolute atomic E-state index is 12.7. The van der Waals surface area contributed by atoms with Crippen molar-refractivity contribution >= 4 is 37.3 Å². The monoisotopic (exact) mass is 372 g/mol. The van der Waals surface area contributed by atoms with E-state index in [0.29, 0.717) is 10.8 Å². The Hall–Kier alpha value is -0.760. The molecule has 2 aromatic rings. The molecule has 2 heterocycles. The zero-order valence-corrected chi connectivity index (χ0v) is 13.8. The molecule has 2 aromatic heterocycles. The van der Waals surface area contributed by atoms with Gasteiger partial charge in [-0.1, -0.05) is 0 Å². The van der Waals surface area contributed by atoms with Crippen molar-refractivity contribution in [2.24, 2.45) is 0 Å². The van der Waals surface area contributed by atoms with Crippen molar-refractivity contribution in [2.45, 2.75) is 29.6 Å². The number of nitrogens with zero attached hydrogens (tertiary/aromatic N) is 2. The van der Waals surface area contributed by atoms with Crippen LogP contribution in [0.5, 0.6) is 0 Å². The number of pyridine rings is 1. The van der Waals surface area contributed by atoms with Crippen LogP contribution >= 0.6 is 27.3 Å². The van der Waals surface area contributed by atoms with Gasteiger partial charge in [0, 0.05) is 25.0 Å². The van der Waals surface area contributed by atoms with Gasteiger partial charge in [-0.2, -0.15) is 4.31 Å². The molecule has 0 bridgehead atoms. The number of hydrogen-bond acceptors (Lipinski definition) is 4. The van der Waals surface area contributed by atoms with E-state index in [1.54, 1.807) is 28.8 Å². The Morgan fingerprint density at radius 3 is 2.50 bits per heavy atom. The minimum Gasteiger partial charge on any atom is -0.265 e. The van der Waals surface area contributed by atoms with Gasteiger partial charge >= 0.3 is 0 Å². The van der Waals surface area contributed by atoms with Gasteiger partial charge in [0.05, 0.1) is 3.79 Å². The van der Waals surface area contributed by atoms with E-state index >= 15 is 0 Å². The predicted octanol–water partition coefficient (Wildman–Crippen LogP) is 3.26. The third-order valence-electron chi connectivity index (χ3n) is 3.15. The molecular formula is C13H13BrN2O2S2. The largest absolute Gasteiger partial charge is 0.265 e. The third-order valence-corrected chi connectivity index (χ3v) is 7.14. The van der Waals surface area contributed by atoms with Crippen LogP contribution in [0, 0.1) is 0 Å². The van der Waals surface area contributed by atoms with E-state index in [9.17, 15) is 8.42 Å². The van der Waals surface area contributed by atoms with E-state index in [4.69, 9.17) is 0 Å². The van der Waals surface area contributed by atoms with Crippen molar-refractivity contribution < 1.29 is 8.42 Å². The predicted molar refractivity (Wildman–Crippen MR) is 82.0 cm³/mol. The highest BCUT2D eigenvalue weighted by Crippen LogP contribution is 2.36. The number of thiophene rings is 1. The maximum atomic E-state index is 12.7. The number of rotatable bonds is 5. The molecule has 1 saturated carbocycles. The normalized spacial score (nSPS) is 15.7. The molecule has 20 heavy (non-hydrogen) atoms. The van der Waals surface area contributed by atoms with Gasteiger partial charge in [0.15, 0.2) is 0 Å². The van der Waals surface area contributed by atoms with Crippen molar-refractivity contribution in [3.05, 3.63) is 46.0 Å². The summed E-state index contributed by atoms with van der Waals surface area (Å²) in [7, 11) is -3.41. The van der Waals surface area contributed by atoms with Crippen molar-refractivity contribution in [2.75, 3.05) is 0 Å². The summed E-state index contributed by atoms with van der Waals surface area (Å²) in [5, 5.41) is 0. The van der Waals surface area contributed by atoms with E-state index in [0.717, 1.165) is 22.2 Å². The first kappa shape index (κ1) is 14.2. The average Bonchev–Trinajstić information content (AvgIpc) is 3.17. The Balaban J connectivity index is 1.91. The zero-order chi connectivity index (χ0) is 14.2. The first-order valence-electron chi connectivity index (χ1n) is 6.23. The smallest absolute Gasteiger partial charge is 0.253 e. The van der Waals surface area contributed by atoms with Crippen LogP contribution in [-0.2, 0) is 16.6 Å². The van der Waals surface area contributed by atoms with Crippen LogP contribution in [-0.4, -0.2) is 23.7 Å². The second-order valence-corrected chi connectivity index (χ2v) is 9.28. The first-order valence-corrected chi connectivity index (χ1v) is 9.28. The number of sulfonamides is 1. The van der Waals surface area contributed by atoms with Crippen LogP contribution in [0.2, 0.25) is 0 Å². The highest BCUT2D eigenvalue weighted by atomic mass is 79.9. The molecule has 4 nitrogen and oxygen atoms in total. The Labute approximate surface area is 130 Å². The molecule has 1 aliphatic carbocycles. The van der Waals surface area contributed by atoms with E-state index in [1.165, 1.54) is 11.3 Å². The average molecular weight is 373 g/mol. The summed E-state index contributed by atoms with van der Waals surface area (Å²) in [6.45, 7) is 0.408. The quantitative estimate of drug-likeness (QED) is 0.809. The topological polar surface area (TPSA) is 50.3 Å². The van der Waals surface area contributed by atoms with Gasteiger partial charge in [-0.05, 0) is 58.6 Å². The number of hydrogen-bond donors (Lipinski definition) is 0. The zero-order valence-electron chi connectivity index (χ0n) is 10.6. The molecule has 3 rings (SSSR count). The van der Waals surface area contributed by atoms with Gasteiger partial charge in [-0.15, -0.1) is 11.3 Å². The summed E-state index contributed by atoms with van der Waals surface area (Å²) < 4.78 is 28.3.